The van der Waals surface area contributed by atoms with Crippen LogP contribution in [0.15, 0.2) is 67.3 Å². The molecule has 16 heteroatoms. The van der Waals surface area contributed by atoms with E-state index in [2.05, 4.69) is 69.1 Å². The number of nitrogens with zero attached hydrogens (tertiary/aromatic N) is 9. The molecule has 3 aliphatic heterocycles. The second kappa shape index (κ2) is 16.5. The highest BCUT2D eigenvalue weighted by Gasteiger charge is 2.64. The van der Waals surface area contributed by atoms with Crippen LogP contribution in [-0.4, -0.2) is 98.9 Å². The number of urea groups is 1. The number of carbonyl (C=O) groups excluding carboxylic acids is 3. The molecule has 3 saturated heterocycles. The van der Waals surface area contributed by atoms with Crippen LogP contribution in [0.4, 0.5) is 16.2 Å². The average molecular weight is 846 g/mol. The predicted octanol–water partition coefficient (Wildman–Crippen LogP) is 6.28. The summed E-state index contributed by atoms with van der Waals surface area (Å²) in [5.74, 6) is 0.836. The molecule has 4 aromatic heterocycles. The molecule has 7 heterocycles. The molecule has 0 unspecified atom stereocenters. The van der Waals surface area contributed by atoms with Crippen molar-refractivity contribution in [1.82, 2.24) is 40.3 Å². The molecule has 4 fully saturated rings. The third kappa shape index (κ3) is 7.72. The number of nitriles is 1. The average Bonchev–Trinajstić information content (AvgIpc) is 3.70. The van der Waals surface area contributed by atoms with Gasteiger partial charge < -0.3 is 19.9 Å². The SMILES string of the molecule is CC1(C)[C@H](NC(=O)c2ccc(N3CCC(CN4CCC(n5ncc6c(N7CCC(=O)NC7=O)ccnc65)CC4)CC3)cn2)C(C)(C)[C@H]1Oc1ccc(C#N)c2ncccc12.Cl. The molecule has 0 atom stereocenters. The molecule has 0 spiro atoms. The van der Waals surface area contributed by atoms with Crippen molar-refractivity contribution >= 4 is 63.6 Å². The monoisotopic (exact) mass is 845 g/mol. The minimum Gasteiger partial charge on any atom is -0.488 e. The third-order valence-electron chi connectivity index (χ3n) is 13.4. The number of piperidine rings is 2. The number of hydrogen-bond donors (Lipinski definition) is 2. The van der Waals surface area contributed by atoms with Gasteiger partial charge in [-0.3, -0.25) is 24.8 Å². The second-order valence-corrected chi connectivity index (χ2v) is 17.9. The molecule has 61 heavy (non-hydrogen) atoms. The molecule has 5 aromatic rings. The van der Waals surface area contributed by atoms with Gasteiger partial charge in [0.25, 0.3) is 5.91 Å². The lowest BCUT2D eigenvalue weighted by Gasteiger charge is -2.63. The normalized spacial score (nSPS) is 22.0. The number of fused-ring (bicyclic) bond motifs is 2. The molecule has 0 radical (unpaired) electrons. The van der Waals surface area contributed by atoms with E-state index in [-0.39, 0.29) is 59.7 Å². The van der Waals surface area contributed by atoms with Crippen LogP contribution >= 0.6 is 12.4 Å². The third-order valence-corrected chi connectivity index (χ3v) is 13.4. The molecule has 15 nitrogen and oxygen atoms in total. The van der Waals surface area contributed by atoms with Crippen molar-refractivity contribution in [3.05, 3.63) is 78.5 Å². The van der Waals surface area contributed by atoms with Gasteiger partial charge in [0.15, 0.2) is 5.65 Å². The number of ether oxygens (including phenoxy) is 1. The van der Waals surface area contributed by atoms with Gasteiger partial charge in [0.05, 0.1) is 46.3 Å². The molecule has 0 bridgehead atoms. The van der Waals surface area contributed by atoms with E-state index in [0.29, 0.717) is 35.0 Å². The molecule has 1 aliphatic carbocycles. The van der Waals surface area contributed by atoms with E-state index < -0.39 is 6.03 Å². The number of benzene rings is 1. The number of anilines is 2. The van der Waals surface area contributed by atoms with Gasteiger partial charge in [-0.05, 0) is 74.1 Å². The fourth-order valence-electron chi connectivity index (χ4n) is 10.5. The number of imide groups is 1. The van der Waals surface area contributed by atoms with Crippen molar-refractivity contribution in [3.63, 3.8) is 0 Å². The summed E-state index contributed by atoms with van der Waals surface area (Å²) in [6, 6.07) is 14.9. The quantitative estimate of drug-likeness (QED) is 0.171. The summed E-state index contributed by atoms with van der Waals surface area (Å²) in [5.41, 5.74) is 3.29. The molecule has 4 amide bonds. The maximum absolute atomic E-state index is 13.6. The van der Waals surface area contributed by atoms with Crippen LogP contribution in [0.2, 0.25) is 0 Å². The summed E-state index contributed by atoms with van der Waals surface area (Å²) < 4.78 is 8.67. The van der Waals surface area contributed by atoms with Gasteiger partial charge >= 0.3 is 6.03 Å². The minimum absolute atomic E-state index is 0. The van der Waals surface area contributed by atoms with Gasteiger partial charge in [0.2, 0.25) is 5.91 Å². The summed E-state index contributed by atoms with van der Waals surface area (Å²) in [6.45, 7) is 13.7. The highest BCUT2D eigenvalue weighted by Crippen LogP contribution is 2.56. The Labute approximate surface area is 361 Å². The van der Waals surface area contributed by atoms with Gasteiger partial charge in [0.1, 0.15) is 23.6 Å². The summed E-state index contributed by atoms with van der Waals surface area (Å²) >= 11 is 0. The van der Waals surface area contributed by atoms with Crippen molar-refractivity contribution in [2.75, 3.05) is 49.1 Å². The molecule has 318 valence electrons. The van der Waals surface area contributed by atoms with E-state index in [9.17, 15) is 19.6 Å². The zero-order valence-electron chi connectivity index (χ0n) is 35.0. The lowest BCUT2D eigenvalue weighted by atomic mass is 9.49. The Balaban J connectivity index is 0.00000514. The fraction of sp³-hybridized carbons (Fsp3) is 0.467. The topological polar surface area (TPSA) is 174 Å². The highest BCUT2D eigenvalue weighted by atomic mass is 35.5. The van der Waals surface area contributed by atoms with Crippen LogP contribution in [0.25, 0.3) is 21.9 Å². The predicted molar refractivity (Wildman–Crippen MR) is 234 cm³/mol. The number of aromatic nitrogens is 5. The van der Waals surface area contributed by atoms with Crippen molar-refractivity contribution in [1.29, 1.82) is 5.26 Å². The maximum Gasteiger partial charge on any atom is 0.328 e. The van der Waals surface area contributed by atoms with Crippen molar-refractivity contribution < 1.29 is 19.1 Å². The highest BCUT2D eigenvalue weighted by molar-refractivity contribution is 6.09. The first-order valence-electron chi connectivity index (χ1n) is 21.0. The summed E-state index contributed by atoms with van der Waals surface area (Å²) in [6.07, 6.45) is 11.2. The largest absolute Gasteiger partial charge is 0.488 e. The second-order valence-electron chi connectivity index (χ2n) is 17.9. The molecular weight excluding hydrogens is 794 g/mol. The minimum atomic E-state index is -0.408. The number of halogens is 1. The number of pyridine rings is 3. The lowest BCUT2D eigenvalue weighted by Crippen LogP contribution is -2.74. The standard InChI is InChI=1S/C45H51N11O4.ClH/c1-44(2)41(45(3,4)42(44)60-36-10-7-29(24-46)38-32(36)6-5-17-47-38)52-40(58)34-9-8-31(25-49-34)54-21-12-28(13-22-54)27-53-19-14-30(15-20-53)56-39-33(26-50-56)35(11-18-48-39)55-23-16-37(57)51-43(55)59;/h5-11,17-18,25-26,28,30,41-42H,12-16,19-23,27H2,1-4H3,(H,52,58)(H,51,57,59);1H/t41-,42-;. The van der Waals surface area contributed by atoms with Crippen LogP contribution in [0, 0.1) is 28.1 Å². The van der Waals surface area contributed by atoms with E-state index in [1.807, 2.05) is 47.3 Å². The van der Waals surface area contributed by atoms with Gasteiger partial charge in [0, 0.05) is 80.3 Å². The van der Waals surface area contributed by atoms with Crippen molar-refractivity contribution in [2.24, 2.45) is 16.7 Å². The smallest absolute Gasteiger partial charge is 0.328 e. The number of carbonyl (C=O) groups is 3. The number of amides is 4. The lowest BCUT2D eigenvalue weighted by molar-refractivity contribution is -0.163. The van der Waals surface area contributed by atoms with Crippen LogP contribution in [0.3, 0.4) is 0 Å². The van der Waals surface area contributed by atoms with E-state index in [1.54, 1.807) is 29.6 Å². The van der Waals surface area contributed by atoms with Gasteiger partial charge in [-0.25, -0.2) is 19.4 Å². The maximum atomic E-state index is 13.6. The van der Waals surface area contributed by atoms with Crippen LogP contribution in [-0.2, 0) is 4.79 Å². The molecule has 1 aromatic carbocycles. The Bertz CT molecular complexity index is 2490. The molecule has 4 aliphatic rings. The number of likely N-dealkylation sites (tertiary alicyclic amines) is 1. The Kier molecular flexibility index (Phi) is 11.4. The zero-order chi connectivity index (χ0) is 41.8. The summed E-state index contributed by atoms with van der Waals surface area (Å²) in [5, 5.41) is 21.6. The van der Waals surface area contributed by atoms with E-state index in [4.69, 9.17) is 9.84 Å². The van der Waals surface area contributed by atoms with Gasteiger partial charge in [-0.2, -0.15) is 10.4 Å². The van der Waals surface area contributed by atoms with Crippen molar-refractivity contribution in [3.8, 4) is 11.8 Å². The van der Waals surface area contributed by atoms with Crippen LogP contribution in [0.5, 0.6) is 5.75 Å². The van der Waals surface area contributed by atoms with E-state index >= 15 is 0 Å². The summed E-state index contributed by atoms with van der Waals surface area (Å²) in [7, 11) is 0. The Morgan fingerprint density at radius 2 is 1.67 bits per heavy atom. The number of rotatable bonds is 9. The van der Waals surface area contributed by atoms with Crippen molar-refractivity contribution in [2.45, 2.75) is 78.0 Å². The van der Waals surface area contributed by atoms with Gasteiger partial charge in [-0.1, -0.05) is 27.7 Å². The number of hydrogen-bond acceptors (Lipinski definition) is 11. The first-order valence-corrected chi connectivity index (χ1v) is 21.0. The molecule has 9 rings (SSSR count). The Morgan fingerprint density at radius 3 is 2.38 bits per heavy atom. The van der Waals surface area contributed by atoms with Gasteiger partial charge in [-0.15, -0.1) is 12.4 Å². The van der Waals surface area contributed by atoms with Crippen LogP contribution < -0.4 is 25.2 Å². The molecule has 2 N–H and O–H groups in total. The van der Waals surface area contributed by atoms with Crippen LogP contribution in [0.1, 0.15) is 81.9 Å². The molecular formula is C45H52ClN11O4. The fourth-order valence-corrected chi connectivity index (χ4v) is 10.5. The van der Waals surface area contributed by atoms with E-state index in [1.165, 1.54) is 0 Å². The Morgan fingerprint density at radius 1 is 0.902 bits per heavy atom. The number of nitrogens with one attached hydrogen (secondary N) is 2. The van der Waals surface area contributed by atoms with E-state index in [0.717, 1.165) is 86.2 Å². The molecule has 1 saturated carbocycles. The first-order chi connectivity index (χ1) is 28.9. The first kappa shape index (κ1) is 41.9. The zero-order valence-corrected chi connectivity index (χ0v) is 35.8. The summed E-state index contributed by atoms with van der Waals surface area (Å²) in [4.78, 5) is 58.1. The Hall–Kier alpha value is -5.85.